The molecule has 0 aromatic carbocycles. The average molecular weight is 392 g/mol. The van der Waals surface area contributed by atoms with Crippen LogP contribution in [0.3, 0.4) is 0 Å². The van der Waals surface area contributed by atoms with Gasteiger partial charge in [0.2, 0.25) is 0 Å². The fraction of sp³-hybridized carbons (Fsp3) is 1.00. The summed E-state index contributed by atoms with van der Waals surface area (Å²) in [6.45, 7) is 3.39. The molecule has 1 fully saturated rings. The highest BCUT2D eigenvalue weighted by Crippen LogP contribution is 2.41. The molecule has 1 saturated heterocycles. The molecule has 1 heterocycles. The van der Waals surface area contributed by atoms with E-state index in [0.29, 0.717) is 24.7 Å². The molecule has 0 saturated carbocycles. The van der Waals surface area contributed by atoms with Crippen molar-refractivity contribution in [1.82, 2.24) is 0 Å². The molecule has 0 spiro atoms. The molecule has 0 bridgehead atoms. The molecule has 0 aromatic heterocycles. The molecule has 0 amide bonds. The fourth-order valence-corrected chi connectivity index (χ4v) is 6.64. The van der Waals surface area contributed by atoms with Crippen LogP contribution in [0.1, 0.15) is 19.8 Å². The van der Waals surface area contributed by atoms with Crippen LogP contribution in [0.25, 0.3) is 0 Å². The SMILES string of the molecule is CCOCCC(CBr)(CBr)C1CCS(=O)(=O)C1. The van der Waals surface area contributed by atoms with Crippen molar-refractivity contribution in [3.8, 4) is 0 Å². The van der Waals surface area contributed by atoms with E-state index in [-0.39, 0.29) is 11.3 Å². The average Bonchev–Trinajstić information content (AvgIpc) is 2.66. The van der Waals surface area contributed by atoms with Crippen LogP contribution in [0.15, 0.2) is 0 Å². The van der Waals surface area contributed by atoms with Crippen molar-refractivity contribution in [2.45, 2.75) is 19.8 Å². The molecule has 17 heavy (non-hydrogen) atoms. The van der Waals surface area contributed by atoms with Gasteiger partial charge < -0.3 is 4.74 Å². The molecule has 0 N–H and O–H groups in total. The Hall–Kier alpha value is 0.870. The minimum Gasteiger partial charge on any atom is -0.382 e. The Kier molecular flexibility index (Phi) is 6.44. The minimum absolute atomic E-state index is 0.00125. The number of ether oxygens (including phenoxy) is 1. The van der Waals surface area contributed by atoms with Gasteiger partial charge >= 0.3 is 0 Å². The van der Waals surface area contributed by atoms with E-state index in [0.717, 1.165) is 23.5 Å². The van der Waals surface area contributed by atoms with E-state index in [1.54, 1.807) is 0 Å². The first-order chi connectivity index (χ1) is 7.99. The van der Waals surface area contributed by atoms with Crippen molar-refractivity contribution < 1.29 is 13.2 Å². The van der Waals surface area contributed by atoms with Crippen molar-refractivity contribution >= 4 is 41.7 Å². The Morgan fingerprint density at radius 3 is 2.41 bits per heavy atom. The minimum atomic E-state index is -2.81. The predicted molar refractivity (Wildman–Crippen MR) is 77.9 cm³/mol. The van der Waals surface area contributed by atoms with Gasteiger partial charge in [0.15, 0.2) is 9.84 Å². The number of hydrogen-bond donors (Lipinski definition) is 0. The van der Waals surface area contributed by atoms with Crippen LogP contribution < -0.4 is 0 Å². The molecule has 0 aliphatic carbocycles. The molecule has 102 valence electrons. The van der Waals surface area contributed by atoms with Crippen molar-refractivity contribution in [1.29, 1.82) is 0 Å². The fourth-order valence-electron chi connectivity index (χ4n) is 2.29. The number of sulfone groups is 1. The zero-order valence-electron chi connectivity index (χ0n) is 10.1. The van der Waals surface area contributed by atoms with Gasteiger partial charge in [0, 0.05) is 23.9 Å². The molecule has 0 radical (unpaired) electrons. The van der Waals surface area contributed by atoms with Crippen molar-refractivity contribution in [2.75, 3.05) is 35.4 Å². The molecule has 1 aliphatic heterocycles. The molecule has 0 aromatic rings. The Labute approximate surface area is 121 Å². The summed E-state index contributed by atoms with van der Waals surface area (Å²) < 4.78 is 28.6. The summed E-state index contributed by atoms with van der Waals surface area (Å²) >= 11 is 7.11. The third-order valence-electron chi connectivity index (χ3n) is 3.58. The lowest BCUT2D eigenvalue weighted by molar-refractivity contribution is 0.0992. The molecular formula is C11H20Br2O3S. The molecule has 1 aliphatic rings. The molecule has 1 atom stereocenters. The van der Waals surface area contributed by atoms with Gasteiger partial charge in [-0.25, -0.2) is 8.42 Å². The topological polar surface area (TPSA) is 43.4 Å². The first-order valence-electron chi connectivity index (χ1n) is 5.90. The summed E-state index contributed by atoms with van der Waals surface area (Å²) in [5.74, 6) is 0.913. The van der Waals surface area contributed by atoms with Gasteiger partial charge in [0.1, 0.15) is 0 Å². The summed E-state index contributed by atoms with van der Waals surface area (Å²) in [6, 6.07) is 0. The molecule has 3 nitrogen and oxygen atoms in total. The monoisotopic (exact) mass is 390 g/mol. The summed E-state index contributed by atoms with van der Waals surface area (Å²) in [6.07, 6.45) is 1.68. The third-order valence-corrected chi connectivity index (χ3v) is 7.58. The Morgan fingerprint density at radius 2 is 2.00 bits per heavy atom. The van der Waals surface area contributed by atoms with E-state index in [1.165, 1.54) is 0 Å². The number of hydrogen-bond acceptors (Lipinski definition) is 3. The highest BCUT2D eigenvalue weighted by atomic mass is 79.9. The highest BCUT2D eigenvalue weighted by Gasteiger charge is 2.43. The summed E-state index contributed by atoms with van der Waals surface area (Å²) in [4.78, 5) is 0. The first kappa shape index (κ1) is 15.9. The predicted octanol–water partition coefficient (Wildman–Crippen LogP) is 2.62. The maximum atomic E-state index is 11.6. The quantitative estimate of drug-likeness (QED) is 0.494. The van der Waals surface area contributed by atoms with Crippen molar-refractivity contribution in [3.63, 3.8) is 0 Å². The highest BCUT2D eigenvalue weighted by molar-refractivity contribution is 9.09. The van der Waals surface area contributed by atoms with Crippen molar-refractivity contribution in [3.05, 3.63) is 0 Å². The van der Waals surface area contributed by atoms with E-state index >= 15 is 0 Å². The van der Waals surface area contributed by atoms with Gasteiger partial charge in [-0.15, -0.1) is 0 Å². The maximum absolute atomic E-state index is 11.6. The second kappa shape index (κ2) is 6.87. The largest absolute Gasteiger partial charge is 0.382 e. The number of halogens is 2. The normalized spacial score (nSPS) is 24.1. The van der Waals surface area contributed by atoms with Crippen LogP contribution >= 0.6 is 31.9 Å². The van der Waals surface area contributed by atoms with Crippen LogP contribution in [0.4, 0.5) is 0 Å². The lowest BCUT2D eigenvalue weighted by Crippen LogP contribution is -2.36. The molecular weight excluding hydrogens is 372 g/mol. The van der Waals surface area contributed by atoms with Crippen LogP contribution in [0.2, 0.25) is 0 Å². The van der Waals surface area contributed by atoms with E-state index in [2.05, 4.69) is 31.9 Å². The van der Waals surface area contributed by atoms with Crippen LogP contribution in [-0.4, -0.2) is 43.8 Å². The van der Waals surface area contributed by atoms with Gasteiger partial charge in [-0.2, -0.15) is 0 Å². The first-order valence-corrected chi connectivity index (χ1v) is 9.96. The third kappa shape index (κ3) is 4.18. The smallest absolute Gasteiger partial charge is 0.150 e. The zero-order chi connectivity index (χ0) is 12.9. The zero-order valence-corrected chi connectivity index (χ0v) is 14.1. The molecule has 6 heteroatoms. The number of rotatable bonds is 7. The summed E-state index contributed by atoms with van der Waals surface area (Å²) in [7, 11) is -2.81. The Balaban J connectivity index is 2.70. The maximum Gasteiger partial charge on any atom is 0.150 e. The van der Waals surface area contributed by atoms with Gasteiger partial charge in [0.05, 0.1) is 11.5 Å². The number of alkyl halides is 2. The van der Waals surface area contributed by atoms with E-state index in [4.69, 9.17) is 4.74 Å². The second-order valence-corrected chi connectivity index (χ2v) is 8.03. The standard InChI is InChI=1S/C11H20Br2O3S/c1-2-16-5-4-11(8-12,9-13)10-3-6-17(14,15)7-10/h10H,2-9H2,1H3. The Bertz CT molecular complexity index is 326. The van der Waals surface area contributed by atoms with E-state index in [9.17, 15) is 8.42 Å². The van der Waals surface area contributed by atoms with Gasteiger partial charge in [-0.1, -0.05) is 31.9 Å². The van der Waals surface area contributed by atoms with Gasteiger partial charge in [-0.3, -0.25) is 0 Å². The lowest BCUT2D eigenvalue weighted by Gasteiger charge is -2.35. The van der Waals surface area contributed by atoms with Crippen LogP contribution in [-0.2, 0) is 14.6 Å². The van der Waals surface area contributed by atoms with Gasteiger partial charge in [0.25, 0.3) is 0 Å². The van der Waals surface area contributed by atoms with Crippen LogP contribution in [0, 0.1) is 11.3 Å². The van der Waals surface area contributed by atoms with Crippen LogP contribution in [0.5, 0.6) is 0 Å². The van der Waals surface area contributed by atoms with E-state index in [1.807, 2.05) is 6.92 Å². The molecule has 1 rings (SSSR count). The van der Waals surface area contributed by atoms with Crippen molar-refractivity contribution in [2.24, 2.45) is 11.3 Å². The Morgan fingerprint density at radius 1 is 1.35 bits per heavy atom. The summed E-state index contributed by atoms with van der Waals surface area (Å²) in [5.41, 5.74) is -0.00125. The lowest BCUT2D eigenvalue weighted by atomic mass is 9.76. The molecule has 1 unspecified atom stereocenters. The summed E-state index contributed by atoms with van der Waals surface area (Å²) in [5, 5.41) is 1.64. The van der Waals surface area contributed by atoms with E-state index < -0.39 is 9.84 Å². The van der Waals surface area contributed by atoms with Gasteiger partial charge in [-0.05, 0) is 31.1 Å². The second-order valence-electron chi connectivity index (χ2n) is 4.68.